The number of hydrogen-bond acceptors (Lipinski definition) is 4. The van der Waals surface area contributed by atoms with E-state index in [4.69, 9.17) is 0 Å². The predicted octanol–water partition coefficient (Wildman–Crippen LogP) is 2.69. The maximum atomic E-state index is 12.7. The smallest absolute Gasteiger partial charge is 0.251 e. The van der Waals surface area contributed by atoms with Crippen molar-refractivity contribution in [2.24, 2.45) is 0 Å². The van der Waals surface area contributed by atoms with Crippen LogP contribution < -0.4 is 5.32 Å². The third-order valence-electron chi connectivity index (χ3n) is 5.43. The van der Waals surface area contributed by atoms with Crippen LogP contribution in [-0.2, 0) is 0 Å². The molecule has 0 spiro atoms. The molecule has 142 valence electrons. The van der Waals surface area contributed by atoms with E-state index >= 15 is 0 Å². The standard InChI is InChI=1S/C20H25N5O2/c1-11(2)19-22-14-5-4-13(10-16(14)23-19)20(27)24-15-6-7-17(18(15)26)25-9-8-21-12(25)3/h4-5,8-11,15,17-18,26H,6-7H2,1-3H3,(H,22,23)(H,24,27)/t15-,17-,18-/m1/s1. The molecular formula is C20H25N5O2. The summed E-state index contributed by atoms with van der Waals surface area (Å²) in [6, 6.07) is 5.13. The van der Waals surface area contributed by atoms with Crippen LogP contribution in [0.5, 0.6) is 0 Å². The number of aryl methyl sites for hydroxylation is 1. The Balaban J connectivity index is 1.49. The molecule has 2 aromatic heterocycles. The van der Waals surface area contributed by atoms with E-state index in [2.05, 4.69) is 34.1 Å². The van der Waals surface area contributed by atoms with Gasteiger partial charge in [0.15, 0.2) is 0 Å². The van der Waals surface area contributed by atoms with Crippen LogP contribution in [0.3, 0.4) is 0 Å². The molecule has 4 rings (SSSR count). The van der Waals surface area contributed by atoms with Gasteiger partial charge in [-0.15, -0.1) is 0 Å². The van der Waals surface area contributed by atoms with Crippen LogP contribution in [-0.4, -0.2) is 42.7 Å². The van der Waals surface area contributed by atoms with Crippen molar-refractivity contribution in [3.63, 3.8) is 0 Å². The van der Waals surface area contributed by atoms with Crippen LogP contribution >= 0.6 is 0 Å². The molecule has 7 nitrogen and oxygen atoms in total. The van der Waals surface area contributed by atoms with Gasteiger partial charge in [-0.1, -0.05) is 13.8 Å². The minimum atomic E-state index is -0.634. The van der Waals surface area contributed by atoms with Gasteiger partial charge in [-0.2, -0.15) is 0 Å². The lowest BCUT2D eigenvalue weighted by Gasteiger charge is -2.22. The van der Waals surface area contributed by atoms with Crippen molar-refractivity contribution in [2.45, 2.75) is 57.7 Å². The number of fused-ring (bicyclic) bond motifs is 1. The quantitative estimate of drug-likeness (QED) is 0.661. The number of rotatable bonds is 4. The largest absolute Gasteiger partial charge is 0.389 e. The van der Waals surface area contributed by atoms with Crippen molar-refractivity contribution in [1.29, 1.82) is 0 Å². The molecule has 1 fully saturated rings. The molecule has 0 unspecified atom stereocenters. The summed E-state index contributed by atoms with van der Waals surface area (Å²) in [5, 5.41) is 13.7. The highest BCUT2D eigenvalue weighted by Crippen LogP contribution is 2.31. The van der Waals surface area contributed by atoms with E-state index in [-0.39, 0.29) is 18.0 Å². The third kappa shape index (κ3) is 3.23. The van der Waals surface area contributed by atoms with Gasteiger partial charge >= 0.3 is 0 Å². The Morgan fingerprint density at radius 1 is 1.37 bits per heavy atom. The first kappa shape index (κ1) is 17.7. The van der Waals surface area contributed by atoms with Gasteiger partial charge in [0.05, 0.1) is 29.2 Å². The Morgan fingerprint density at radius 3 is 2.89 bits per heavy atom. The number of hydrogen-bond donors (Lipinski definition) is 3. The van der Waals surface area contributed by atoms with E-state index in [1.54, 1.807) is 12.3 Å². The van der Waals surface area contributed by atoms with Gasteiger partial charge < -0.3 is 20.0 Å². The summed E-state index contributed by atoms with van der Waals surface area (Å²) in [6.45, 7) is 6.07. The number of nitrogens with one attached hydrogen (secondary N) is 2. The van der Waals surface area contributed by atoms with E-state index in [1.807, 2.05) is 29.8 Å². The normalized spacial score (nSPS) is 22.6. The second-order valence-corrected chi connectivity index (χ2v) is 7.61. The summed E-state index contributed by atoms with van der Waals surface area (Å²) in [6.07, 6.45) is 4.52. The van der Waals surface area contributed by atoms with Gasteiger partial charge in [-0.05, 0) is 38.0 Å². The van der Waals surface area contributed by atoms with Crippen molar-refractivity contribution in [1.82, 2.24) is 24.8 Å². The first-order valence-corrected chi connectivity index (χ1v) is 9.42. The molecule has 0 aliphatic heterocycles. The molecule has 1 saturated carbocycles. The number of amides is 1. The fourth-order valence-electron chi connectivity index (χ4n) is 3.86. The van der Waals surface area contributed by atoms with Crippen LogP contribution in [0, 0.1) is 6.92 Å². The lowest BCUT2D eigenvalue weighted by molar-refractivity contribution is 0.0812. The Morgan fingerprint density at radius 2 is 2.19 bits per heavy atom. The summed E-state index contributed by atoms with van der Waals surface area (Å²) < 4.78 is 1.99. The molecule has 1 aliphatic carbocycles. The second-order valence-electron chi connectivity index (χ2n) is 7.61. The highest BCUT2D eigenvalue weighted by Gasteiger charge is 2.37. The fourth-order valence-corrected chi connectivity index (χ4v) is 3.86. The highest BCUT2D eigenvalue weighted by molar-refractivity contribution is 5.97. The monoisotopic (exact) mass is 367 g/mol. The van der Waals surface area contributed by atoms with Gasteiger partial charge in [0.25, 0.3) is 5.91 Å². The zero-order valence-corrected chi connectivity index (χ0v) is 15.8. The number of aliphatic hydroxyl groups excluding tert-OH is 1. The molecule has 27 heavy (non-hydrogen) atoms. The predicted molar refractivity (Wildman–Crippen MR) is 103 cm³/mol. The number of aliphatic hydroxyl groups is 1. The maximum Gasteiger partial charge on any atom is 0.251 e. The topological polar surface area (TPSA) is 95.8 Å². The summed E-state index contributed by atoms with van der Waals surface area (Å²) in [5.74, 6) is 1.90. The Bertz CT molecular complexity index is 974. The average Bonchev–Trinajstić information content (AvgIpc) is 3.33. The van der Waals surface area contributed by atoms with Crippen molar-refractivity contribution < 1.29 is 9.90 Å². The molecule has 3 N–H and O–H groups in total. The lowest BCUT2D eigenvalue weighted by Crippen LogP contribution is -2.42. The number of imidazole rings is 2. The third-order valence-corrected chi connectivity index (χ3v) is 5.43. The molecule has 7 heteroatoms. The van der Waals surface area contributed by atoms with E-state index in [9.17, 15) is 9.90 Å². The highest BCUT2D eigenvalue weighted by atomic mass is 16.3. The zero-order valence-electron chi connectivity index (χ0n) is 15.8. The first-order chi connectivity index (χ1) is 12.9. The molecule has 0 bridgehead atoms. The molecule has 1 aliphatic rings. The van der Waals surface area contributed by atoms with Gasteiger partial charge in [0, 0.05) is 23.9 Å². The van der Waals surface area contributed by atoms with Crippen molar-refractivity contribution in [2.75, 3.05) is 0 Å². The van der Waals surface area contributed by atoms with E-state index in [0.717, 1.165) is 35.5 Å². The Hall–Kier alpha value is -2.67. The lowest BCUT2D eigenvalue weighted by atomic mass is 10.1. The van der Waals surface area contributed by atoms with Crippen LogP contribution in [0.1, 0.15) is 60.7 Å². The second kappa shape index (κ2) is 6.81. The number of nitrogens with zero attached hydrogens (tertiary/aromatic N) is 3. The summed E-state index contributed by atoms with van der Waals surface area (Å²) >= 11 is 0. The SMILES string of the molecule is Cc1nccn1[C@@H]1CC[C@@H](NC(=O)c2ccc3nc(C(C)C)[nH]c3c2)[C@H]1O. The number of aromatic nitrogens is 4. The summed E-state index contributed by atoms with van der Waals surface area (Å²) in [7, 11) is 0. The van der Waals surface area contributed by atoms with Gasteiger partial charge in [0.2, 0.25) is 0 Å². The van der Waals surface area contributed by atoms with Gasteiger partial charge in [0.1, 0.15) is 11.6 Å². The Labute approximate surface area is 157 Å². The van der Waals surface area contributed by atoms with Gasteiger partial charge in [-0.3, -0.25) is 4.79 Å². The van der Waals surface area contributed by atoms with Crippen molar-refractivity contribution >= 4 is 16.9 Å². The molecule has 2 heterocycles. The number of H-pyrrole nitrogens is 1. The van der Waals surface area contributed by atoms with Crippen LogP contribution in [0.15, 0.2) is 30.6 Å². The number of carbonyl (C=O) groups excluding carboxylic acids is 1. The number of aromatic amines is 1. The van der Waals surface area contributed by atoms with E-state index in [0.29, 0.717) is 11.5 Å². The molecule has 1 amide bonds. The summed E-state index contributed by atoms with van der Waals surface area (Å²) in [4.78, 5) is 24.8. The van der Waals surface area contributed by atoms with Crippen molar-refractivity contribution in [3.8, 4) is 0 Å². The molecular weight excluding hydrogens is 342 g/mol. The van der Waals surface area contributed by atoms with Gasteiger partial charge in [-0.25, -0.2) is 9.97 Å². The molecule has 1 aromatic carbocycles. The fraction of sp³-hybridized carbons (Fsp3) is 0.450. The summed E-state index contributed by atoms with van der Waals surface area (Å²) in [5.41, 5.74) is 2.27. The van der Waals surface area contributed by atoms with E-state index < -0.39 is 6.10 Å². The van der Waals surface area contributed by atoms with Crippen molar-refractivity contribution in [3.05, 3.63) is 47.8 Å². The number of benzene rings is 1. The van der Waals surface area contributed by atoms with Crippen LogP contribution in [0.25, 0.3) is 11.0 Å². The molecule has 3 aromatic rings. The minimum absolute atomic E-state index is 0.0542. The zero-order chi connectivity index (χ0) is 19.1. The molecule has 0 saturated heterocycles. The first-order valence-electron chi connectivity index (χ1n) is 9.42. The minimum Gasteiger partial charge on any atom is -0.389 e. The van der Waals surface area contributed by atoms with Crippen LogP contribution in [0.2, 0.25) is 0 Å². The molecule has 0 radical (unpaired) electrons. The average molecular weight is 367 g/mol. The maximum absolute atomic E-state index is 12.7. The Kier molecular flexibility index (Phi) is 4.47. The van der Waals surface area contributed by atoms with E-state index in [1.165, 1.54) is 0 Å². The molecule has 3 atom stereocenters. The van der Waals surface area contributed by atoms with Crippen LogP contribution in [0.4, 0.5) is 0 Å². The number of carbonyl (C=O) groups is 1.